The molecule has 0 heterocycles. The molecule has 0 aliphatic heterocycles. The highest BCUT2D eigenvalue weighted by Crippen LogP contribution is 2.21. The van der Waals surface area contributed by atoms with Gasteiger partial charge in [-0.25, -0.2) is 0 Å². The number of rotatable bonds is 7. The van der Waals surface area contributed by atoms with Gasteiger partial charge in [-0.15, -0.1) is 0 Å². The average molecular weight is 258 g/mol. The highest BCUT2D eigenvalue weighted by molar-refractivity contribution is 5.25. The van der Waals surface area contributed by atoms with Crippen LogP contribution in [0.2, 0.25) is 0 Å². The summed E-state index contributed by atoms with van der Waals surface area (Å²) in [6.45, 7) is 8.30. The predicted octanol–water partition coefficient (Wildman–Crippen LogP) is 4.15. The molecular formula is C17H26N2. The van der Waals surface area contributed by atoms with Crippen LogP contribution in [-0.4, -0.2) is 18.5 Å². The van der Waals surface area contributed by atoms with E-state index < -0.39 is 0 Å². The molecule has 19 heavy (non-hydrogen) atoms. The third-order valence-electron chi connectivity index (χ3n) is 3.60. The van der Waals surface area contributed by atoms with Gasteiger partial charge in [-0.05, 0) is 58.3 Å². The summed E-state index contributed by atoms with van der Waals surface area (Å²) in [6.07, 6.45) is 3.27. The van der Waals surface area contributed by atoms with Gasteiger partial charge in [0, 0.05) is 6.54 Å². The van der Waals surface area contributed by atoms with Gasteiger partial charge in [0.25, 0.3) is 0 Å². The van der Waals surface area contributed by atoms with E-state index >= 15 is 0 Å². The zero-order chi connectivity index (χ0) is 14.3. The Kier molecular flexibility index (Phi) is 6.05. The van der Waals surface area contributed by atoms with E-state index in [2.05, 4.69) is 49.2 Å². The molecule has 2 nitrogen and oxygen atoms in total. The van der Waals surface area contributed by atoms with Gasteiger partial charge in [0.05, 0.1) is 11.5 Å². The molecule has 0 aliphatic carbocycles. The molecular weight excluding hydrogens is 232 g/mol. The quantitative estimate of drug-likeness (QED) is 0.687. The third-order valence-corrected chi connectivity index (χ3v) is 3.60. The largest absolute Gasteiger partial charge is 0.302 e. The summed E-state index contributed by atoms with van der Waals surface area (Å²) in [5, 5.41) is 8.97. The van der Waals surface area contributed by atoms with Crippen LogP contribution in [0.15, 0.2) is 24.3 Å². The lowest BCUT2D eigenvalue weighted by Gasteiger charge is -2.19. The molecule has 0 atom stereocenters. The second kappa shape index (κ2) is 7.31. The van der Waals surface area contributed by atoms with E-state index in [0.29, 0.717) is 0 Å². The molecule has 0 bridgehead atoms. The third kappa shape index (κ3) is 5.89. The Morgan fingerprint density at radius 3 is 2.53 bits per heavy atom. The van der Waals surface area contributed by atoms with Crippen LogP contribution in [0, 0.1) is 23.7 Å². The van der Waals surface area contributed by atoms with Crippen molar-refractivity contribution in [2.45, 2.75) is 46.6 Å². The van der Waals surface area contributed by atoms with Gasteiger partial charge >= 0.3 is 0 Å². The minimum absolute atomic E-state index is 0.172. The van der Waals surface area contributed by atoms with Gasteiger partial charge in [0.1, 0.15) is 0 Å². The summed E-state index contributed by atoms with van der Waals surface area (Å²) in [5.41, 5.74) is 2.59. The minimum atomic E-state index is -0.172. The fourth-order valence-corrected chi connectivity index (χ4v) is 2.16. The molecule has 0 spiro atoms. The van der Waals surface area contributed by atoms with Crippen LogP contribution in [0.4, 0.5) is 0 Å². The Hall–Kier alpha value is -1.33. The maximum atomic E-state index is 8.97. The number of hydrogen-bond acceptors (Lipinski definition) is 2. The Morgan fingerprint density at radius 2 is 1.89 bits per heavy atom. The van der Waals surface area contributed by atoms with Gasteiger partial charge in [-0.1, -0.05) is 30.7 Å². The molecule has 1 aromatic carbocycles. The van der Waals surface area contributed by atoms with Gasteiger partial charge in [-0.3, -0.25) is 0 Å². The van der Waals surface area contributed by atoms with Crippen molar-refractivity contribution in [3.8, 4) is 6.07 Å². The van der Waals surface area contributed by atoms with Crippen molar-refractivity contribution in [3.05, 3.63) is 35.4 Å². The lowest BCUT2D eigenvalue weighted by atomic mass is 9.89. The first-order chi connectivity index (χ1) is 8.94. The van der Waals surface area contributed by atoms with Crippen molar-refractivity contribution in [2.24, 2.45) is 5.41 Å². The monoisotopic (exact) mass is 258 g/mol. The fraction of sp³-hybridized carbons (Fsp3) is 0.588. The Morgan fingerprint density at radius 1 is 1.21 bits per heavy atom. The summed E-state index contributed by atoms with van der Waals surface area (Å²) >= 11 is 0. The highest BCUT2D eigenvalue weighted by atomic mass is 15.1. The van der Waals surface area contributed by atoms with Gasteiger partial charge < -0.3 is 4.90 Å². The van der Waals surface area contributed by atoms with Crippen LogP contribution in [0.1, 0.15) is 44.2 Å². The second-order valence-electron chi connectivity index (χ2n) is 6.12. The molecule has 2 heteroatoms. The molecule has 1 rings (SSSR count). The molecule has 0 aliphatic rings. The lowest BCUT2D eigenvalue weighted by Crippen LogP contribution is -2.20. The number of nitrogens with zero attached hydrogens (tertiary/aromatic N) is 2. The fourth-order valence-electron chi connectivity index (χ4n) is 2.16. The Balaban J connectivity index is 2.28. The van der Waals surface area contributed by atoms with E-state index in [1.807, 2.05) is 13.8 Å². The summed E-state index contributed by atoms with van der Waals surface area (Å²) in [4.78, 5) is 2.36. The first-order valence-corrected chi connectivity index (χ1v) is 7.09. The molecule has 0 aromatic heterocycles. The molecule has 0 N–H and O–H groups in total. The van der Waals surface area contributed by atoms with E-state index in [-0.39, 0.29) is 5.41 Å². The number of hydrogen-bond donors (Lipinski definition) is 0. The summed E-state index contributed by atoms with van der Waals surface area (Å²) < 4.78 is 0. The first kappa shape index (κ1) is 15.7. The number of unbranched alkanes of at least 4 members (excludes halogenated alkanes) is 1. The Labute approximate surface area is 118 Å². The zero-order valence-corrected chi connectivity index (χ0v) is 12.7. The van der Waals surface area contributed by atoms with Crippen LogP contribution in [0.3, 0.4) is 0 Å². The van der Waals surface area contributed by atoms with E-state index in [1.54, 1.807) is 0 Å². The summed E-state index contributed by atoms with van der Waals surface area (Å²) in [6, 6.07) is 10.9. The second-order valence-corrected chi connectivity index (χ2v) is 6.12. The molecule has 0 unspecified atom stereocenters. The molecule has 0 radical (unpaired) electrons. The minimum Gasteiger partial charge on any atom is -0.302 e. The molecule has 0 amide bonds. The van der Waals surface area contributed by atoms with Crippen LogP contribution in [0.25, 0.3) is 0 Å². The maximum absolute atomic E-state index is 8.97. The van der Waals surface area contributed by atoms with E-state index in [1.165, 1.54) is 11.1 Å². The van der Waals surface area contributed by atoms with Crippen LogP contribution < -0.4 is 0 Å². The predicted molar refractivity (Wildman–Crippen MR) is 80.8 cm³/mol. The van der Waals surface area contributed by atoms with Gasteiger partial charge in [0.15, 0.2) is 0 Å². The van der Waals surface area contributed by atoms with Crippen LogP contribution in [-0.2, 0) is 6.54 Å². The van der Waals surface area contributed by atoms with Crippen molar-refractivity contribution in [1.29, 1.82) is 5.26 Å². The highest BCUT2D eigenvalue weighted by Gasteiger charge is 2.15. The van der Waals surface area contributed by atoms with Crippen molar-refractivity contribution in [3.63, 3.8) is 0 Å². The summed E-state index contributed by atoms with van der Waals surface area (Å²) in [7, 11) is 2.17. The number of aryl methyl sites for hydroxylation is 1. The average Bonchev–Trinajstić information content (AvgIpc) is 2.38. The SMILES string of the molecule is Cc1ccccc1CN(C)CCCCC(C)(C)C#N. The van der Waals surface area contributed by atoms with E-state index in [4.69, 9.17) is 5.26 Å². The van der Waals surface area contributed by atoms with E-state index in [9.17, 15) is 0 Å². The molecule has 0 saturated heterocycles. The number of nitriles is 1. The van der Waals surface area contributed by atoms with Crippen molar-refractivity contribution in [1.82, 2.24) is 4.90 Å². The molecule has 1 aromatic rings. The molecule has 0 fully saturated rings. The van der Waals surface area contributed by atoms with Gasteiger partial charge in [0.2, 0.25) is 0 Å². The molecule has 0 saturated carbocycles. The first-order valence-electron chi connectivity index (χ1n) is 7.09. The molecule has 104 valence electrons. The van der Waals surface area contributed by atoms with Crippen molar-refractivity contribution in [2.75, 3.05) is 13.6 Å². The lowest BCUT2D eigenvalue weighted by molar-refractivity contribution is 0.307. The van der Waals surface area contributed by atoms with E-state index in [0.717, 1.165) is 32.4 Å². The number of benzene rings is 1. The van der Waals surface area contributed by atoms with Crippen molar-refractivity contribution < 1.29 is 0 Å². The normalized spacial score (nSPS) is 11.6. The summed E-state index contributed by atoms with van der Waals surface area (Å²) in [5.74, 6) is 0. The van der Waals surface area contributed by atoms with Gasteiger partial charge in [-0.2, -0.15) is 5.26 Å². The topological polar surface area (TPSA) is 27.0 Å². The van der Waals surface area contributed by atoms with Crippen molar-refractivity contribution >= 4 is 0 Å². The Bertz CT molecular complexity index is 429. The maximum Gasteiger partial charge on any atom is 0.0683 e. The zero-order valence-electron chi connectivity index (χ0n) is 12.7. The smallest absolute Gasteiger partial charge is 0.0683 e. The standard InChI is InChI=1S/C17H26N2/c1-15-9-5-6-10-16(15)13-19(4)12-8-7-11-17(2,3)14-18/h5-6,9-10H,7-8,11-13H2,1-4H3. The van der Waals surface area contributed by atoms with Crippen LogP contribution >= 0.6 is 0 Å². The van der Waals surface area contributed by atoms with Crippen LogP contribution in [0.5, 0.6) is 0 Å².